The van der Waals surface area contributed by atoms with Crippen molar-refractivity contribution < 1.29 is 18.1 Å². The van der Waals surface area contributed by atoms with E-state index in [1.807, 2.05) is 19.1 Å². The molecule has 0 spiro atoms. The van der Waals surface area contributed by atoms with Gasteiger partial charge in [0.25, 0.3) is 10.1 Å². The molecule has 0 atom stereocenters. The van der Waals surface area contributed by atoms with E-state index in [9.17, 15) is 18.1 Å². The zero-order valence-corrected chi connectivity index (χ0v) is 13.5. The maximum Gasteiger partial charge on any atom is 0.295 e. The first kappa shape index (κ1) is 16.1. The summed E-state index contributed by atoms with van der Waals surface area (Å²) in [4.78, 5) is -0.325. The molecule has 6 nitrogen and oxygen atoms in total. The minimum Gasteiger partial charge on any atom is -0.505 e. The van der Waals surface area contributed by atoms with Crippen molar-refractivity contribution in [3.8, 4) is 5.75 Å². The minimum atomic E-state index is -4.47. The molecule has 0 aliphatic carbocycles. The van der Waals surface area contributed by atoms with Crippen LogP contribution < -0.4 is 0 Å². The van der Waals surface area contributed by atoms with Crippen LogP contribution in [0.5, 0.6) is 5.75 Å². The number of nitrogens with zero attached hydrogens (tertiary/aromatic N) is 2. The number of benzene rings is 3. The van der Waals surface area contributed by atoms with Gasteiger partial charge < -0.3 is 5.11 Å². The highest BCUT2D eigenvalue weighted by Crippen LogP contribution is 2.39. The molecule has 0 fully saturated rings. The van der Waals surface area contributed by atoms with Gasteiger partial charge in [-0.25, -0.2) is 0 Å². The van der Waals surface area contributed by atoms with Crippen LogP contribution >= 0.6 is 0 Å². The van der Waals surface area contributed by atoms with Gasteiger partial charge in [0.05, 0.1) is 5.69 Å². The van der Waals surface area contributed by atoms with Crippen LogP contribution in [0.1, 0.15) is 5.56 Å². The average Bonchev–Trinajstić information content (AvgIpc) is 2.53. The van der Waals surface area contributed by atoms with E-state index in [1.165, 1.54) is 6.07 Å². The molecule has 3 aromatic carbocycles. The van der Waals surface area contributed by atoms with Gasteiger partial charge in [0, 0.05) is 10.8 Å². The van der Waals surface area contributed by atoms with Crippen LogP contribution in [0.15, 0.2) is 69.7 Å². The average molecular weight is 342 g/mol. The Kier molecular flexibility index (Phi) is 4.04. The molecular formula is C17H14N2O4S. The number of aryl methyl sites for hydroxylation is 1. The summed E-state index contributed by atoms with van der Waals surface area (Å²) in [7, 11) is -4.47. The molecule has 3 rings (SSSR count). The van der Waals surface area contributed by atoms with Crippen molar-refractivity contribution in [1.29, 1.82) is 0 Å². The number of aromatic hydroxyl groups is 1. The molecule has 2 N–H and O–H groups in total. The van der Waals surface area contributed by atoms with E-state index in [0.717, 1.165) is 11.6 Å². The number of hydrogen-bond donors (Lipinski definition) is 2. The largest absolute Gasteiger partial charge is 0.505 e. The van der Waals surface area contributed by atoms with Crippen LogP contribution in [0.2, 0.25) is 0 Å². The fourth-order valence-electron chi connectivity index (χ4n) is 2.40. The van der Waals surface area contributed by atoms with Gasteiger partial charge in [-0.1, -0.05) is 36.4 Å². The zero-order chi connectivity index (χ0) is 17.3. The van der Waals surface area contributed by atoms with E-state index in [0.29, 0.717) is 5.69 Å². The normalized spacial score (nSPS) is 12.1. The van der Waals surface area contributed by atoms with Crippen molar-refractivity contribution >= 4 is 32.3 Å². The number of rotatable bonds is 3. The SMILES string of the molecule is Cc1cccc(N=Nc2cc(S(=O)(=O)O)c3ccccc3c2O)c1. The summed E-state index contributed by atoms with van der Waals surface area (Å²) in [5, 5.41) is 18.8. The number of azo groups is 1. The van der Waals surface area contributed by atoms with Crippen molar-refractivity contribution in [2.75, 3.05) is 0 Å². The highest BCUT2D eigenvalue weighted by atomic mass is 32.2. The third-order valence-corrected chi connectivity index (χ3v) is 4.40. The lowest BCUT2D eigenvalue weighted by Gasteiger charge is -2.08. The molecule has 0 saturated heterocycles. The summed E-state index contributed by atoms with van der Waals surface area (Å²) in [5.41, 5.74) is 1.52. The minimum absolute atomic E-state index is 0.0390. The summed E-state index contributed by atoms with van der Waals surface area (Å²) in [6.07, 6.45) is 0. The van der Waals surface area contributed by atoms with Gasteiger partial charge in [-0.2, -0.15) is 13.5 Å². The van der Waals surface area contributed by atoms with Crippen LogP contribution in [0.3, 0.4) is 0 Å². The van der Waals surface area contributed by atoms with E-state index in [-0.39, 0.29) is 27.1 Å². The summed E-state index contributed by atoms with van der Waals surface area (Å²) < 4.78 is 32.7. The van der Waals surface area contributed by atoms with E-state index < -0.39 is 10.1 Å². The fourth-order valence-corrected chi connectivity index (χ4v) is 3.12. The second-order valence-corrected chi connectivity index (χ2v) is 6.69. The van der Waals surface area contributed by atoms with E-state index >= 15 is 0 Å². The number of phenols is 1. The second kappa shape index (κ2) is 6.03. The standard InChI is InChI=1S/C17H14N2O4S/c1-11-5-4-6-12(9-11)18-19-15-10-16(24(21,22)23)13-7-2-3-8-14(13)17(15)20/h2-10,20H,1H3,(H,21,22,23). The Morgan fingerprint density at radius 2 is 1.62 bits per heavy atom. The van der Waals surface area contributed by atoms with Gasteiger partial charge in [0.15, 0.2) is 5.75 Å². The number of phenolic OH excluding ortho intramolecular Hbond substituents is 1. The molecule has 7 heteroatoms. The maximum absolute atomic E-state index is 11.6. The first-order chi connectivity index (χ1) is 11.4. The maximum atomic E-state index is 11.6. The molecule has 0 aliphatic heterocycles. The van der Waals surface area contributed by atoms with Crippen molar-refractivity contribution in [3.05, 3.63) is 60.2 Å². The Hall–Kier alpha value is -2.77. The molecule has 0 saturated carbocycles. The predicted octanol–water partition coefficient (Wildman–Crippen LogP) is 4.52. The third-order valence-electron chi connectivity index (χ3n) is 3.51. The molecule has 3 aromatic rings. The van der Waals surface area contributed by atoms with Crippen molar-refractivity contribution in [2.24, 2.45) is 10.2 Å². The fraction of sp³-hybridized carbons (Fsp3) is 0.0588. The van der Waals surface area contributed by atoms with Crippen LogP contribution in [-0.2, 0) is 10.1 Å². The monoisotopic (exact) mass is 342 g/mol. The topological polar surface area (TPSA) is 99.3 Å². The Labute approximate surface area is 138 Å². The van der Waals surface area contributed by atoms with Crippen LogP contribution in [0.4, 0.5) is 11.4 Å². The molecule has 0 heterocycles. The van der Waals surface area contributed by atoms with Gasteiger partial charge in [-0.05, 0) is 30.7 Å². The summed E-state index contributed by atoms with van der Waals surface area (Å²) in [6, 6.07) is 14.7. The molecule has 0 amide bonds. The predicted molar refractivity (Wildman–Crippen MR) is 90.8 cm³/mol. The third kappa shape index (κ3) is 3.12. The van der Waals surface area contributed by atoms with Gasteiger partial charge in [0.2, 0.25) is 0 Å². The van der Waals surface area contributed by atoms with Crippen molar-refractivity contribution in [2.45, 2.75) is 11.8 Å². The van der Waals surface area contributed by atoms with Crippen molar-refractivity contribution in [3.63, 3.8) is 0 Å². The molecule has 0 aromatic heterocycles. The Morgan fingerprint density at radius 3 is 2.29 bits per heavy atom. The van der Waals surface area contributed by atoms with Gasteiger partial charge in [0.1, 0.15) is 10.6 Å². The molecule has 0 radical (unpaired) electrons. The molecule has 24 heavy (non-hydrogen) atoms. The lowest BCUT2D eigenvalue weighted by Crippen LogP contribution is -1.99. The second-order valence-electron chi connectivity index (χ2n) is 5.30. The highest BCUT2D eigenvalue weighted by Gasteiger charge is 2.19. The van der Waals surface area contributed by atoms with Crippen LogP contribution in [-0.4, -0.2) is 18.1 Å². The molecule has 122 valence electrons. The Balaban J connectivity index is 2.20. The zero-order valence-electron chi connectivity index (χ0n) is 12.7. The number of fused-ring (bicyclic) bond motifs is 1. The summed E-state index contributed by atoms with van der Waals surface area (Å²) >= 11 is 0. The smallest absolute Gasteiger partial charge is 0.295 e. The molecule has 0 aliphatic rings. The first-order valence-electron chi connectivity index (χ1n) is 7.07. The van der Waals surface area contributed by atoms with Gasteiger partial charge in [-0.3, -0.25) is 4.55 Å². The van der Waals surface area contributed by atoms with Crippen LogP contribution in [0.25, 0.3) is 10.8 Å². The lowest BCUT2D eigenvalue weighted by atomic mass is 10.1. The quantitative estimate of drug-likeness (QED) is 0.540. The molecule has 0 bridgehead atoms. The number of hydrogen-bond acceptors (Lipinski definition) is 5. The first-order valence-corrected chi connectivity index (χ1v) is 8.51. The highest BCUT2D eigenvalue weighted by molar-refractivity contribution is 7.86. The van der Waals surface area contributed by atoms with E-state index in [2.05, 4.69) is 10.2 Å². The summed E-state index contributed by atoms with van der Waals surface area (Å²) in [5.74, 6) is -0.200. The summed E-state index contributed by atoms with van der Waals surface area (Å²) in [6.45, 7) is 1.91. The van der Waals surface area contributed by atoms with Crippen LogP contribution in [0, 0.1) is 6.92 Å². The Bertz CT molecular complexity index is 1060. The van der Waals surface area contributed by atoms with E-state index in [1.54, 1.807) is 30.3 Å². The van der Waals surface area contributed by atoms with Gasteiger partial charge in [-0.15, -0.1) is 5.11 Å². The lowest BCUT2D eigenvalue weighted by molar-refractivity contribution is 0.480. The Morgan fingerprint density at radius 1 is 0.917 bits per heavy atom. The molecular weight excluding hydrogens is 328 g/mol. The van der Waals surface area contributed by atoms with Crippen molar-refractivity contribution in [1.82, 2.24) is 0 Å². The van der Waals surface area contributed by atoms with Gasteiger partial charge >= 0.3 is 0 Å². The van der Waals surface area contributed by atoms with E-state index in [4.69, 9.17) is 0 Å². The molecule has 0 unspecified atom stereocenters.